The summed E-state index contributed by atoms with van der Waals surface area (Å²) in [6.45, 7) is 3.16. The zero-order valence-corrected chi connectivity index (χ0v) is 9.60. The Morgan fingerprint density at radius 1 is 1.31 bits per heavy atom. The van der Waals surface area contributed by atoms with E-state index in [0.29, 0.717) is 5.56 Å². The predicted molar refractivity (Wildman–Crippen MR) is 58.2 cm³/mol. The number of carbonyl (C=O) groups excluding carboxylic acids is 2. The molecule has 0 aromatic heterocycles. The van der Waals surface area contributed by atoms with Gasteiger partial charge in [-0.15, -0.1) is 0 Å². The Bertz CT molecular complexity index is 327. The van der Waals surface area contributed by atoms with Gasteiger partial charge in [-0.1, -0.05) is 13.8 Å². The number of hydrogen-bond acceptors (Lipinski definition) is 4. The maximum atomic E-state index is 10.2. The molecule has 16 heavy (non-hydrogen) atoms. The summed E-state index contributed by atoms with van der Waals surface area (Å²) in [5.74, 6) is -0.564. The van der Waals surface area contributed by atoms with E-state index in [1.54, 1.807) is 45.2 Å². The van der Waals surface area contributed by atoms with Gasteiger partial charge in [-0.2, -0.15) is 0 Å². The predicted octanol–water partition coefficient (Wildman–Crippen LogP) is 0.900. The normalized spacial score (nSPS) is 9.00. The average molecular weight is 223 g/mol. The lowest BCUT2D eigenvalue weighted by atomic mass is 10.2. The Morgan fingerprint density at radius 3 is 2.00 bits per heavy atom. The van der Waals surface area contributed by atoms with Crippen molar-refractivity contribution in [2.45, 2.75) is 13.8 Å². The third-order valence-corrected chi connectivity index (χ3v) is 1.72. The molecule has 0 aliphatic carbocycles. The highest BCUT2D eigenvalue weighted by molar-refractivity contribution is 5.74. The van der Waals surface area contributed by atoms with E-state index in [2.05, 4.69) is 0 Å². The Kier molecular flexibility index (Phi) is 6.59. The van der Waals surface area contributed by atoms with Crippen molar-refractivity contribution in [3.05, 3.63) is 29.8 Å². The van der Waals surface area contributed by atoms with Crippen LogP contribution in [0.4, 0.5) is 0 Å². The van der Waals surface area contributed by atoms with Gasteiger partial charge < -0.3 is 14.6 Å². The van der Waals surface area contributed by atoms with Crippen molar-refractivity contribution >= 4 is 12.3 Å². The van der Waals surface area contributed by atoms with Crippen molar-refractivity contribution in [1.29, 1.82) is 0 Å². The molecular weight excluding hydrogens is 208 g/mol. The number of ether oxygens (including phenoxy) is 1. The first-order valence-corrected chi connectivity index (χ1v) is 4.81. The van der Waals surface area contributed by atoms with Crippen molar-refractivity contribution in [3.63, 3.8) is 0 Å². The smallest absolute Gasteiger partial charge is 0.150 e. The molecule has 0 bridgehead atoms. The molecule has 0 saturated carbocycles. The van der Waals surface area contributed by atoms with Crippen molar-refractivity contribution in [2.24, 2.45) is 5.92 Å². The minimum absolute atomic E-state index is 0.343. The van der Waals surface area contributed by atoms with Crippen LogP contribution in [0, 0.1) is 5.92 Å². The Hall–Kier alpha value is -1.84. The fourth-order valence-corrected chi connectivity index (χ4v) is 0.682. The van der Waals surface area contributed by atoms with Crippen LogP contribution < -0.4 is 9.84 Å². The molecule has 0 spiro atoms. The van der Waals surface area contributed by atoms with E-state index in [4.69, 9.17) is 4.74 Å². The van der Waals surface area contributed by atoms with Crippen LogP contribution in [0.25, 0.3) is 0 Å². The van der Waals surface area contributed by atoms with E-state index in [-0.39, 0.29) is 5.92 Å². The molecule has 1 aromatic rings. The lowest BCUT2D eigenvalue weighted by Crippen LogP contribution is -2.27. The summed E-state index contributed by atoms with van der Waals surface area (Å²) >= 11 is 0. The van der Waals surface area contributed by atoms with Crippen LogP contribution >= 0.6 is 0 Å². The lowest BCUT2D eigenvalue weighted by Gasteiger charge is -2.01. The Morgan fingerprint density at radius 2 is 1.75 bits per heavy atom. The fraction of sp³-hybridized carbons (Fsp3) is 0.333. The Balaban J connectivity index is 0.000000325. The number of carbonyl (C=O) groups is 2. The number of rotatable bonds is 3. The quantitative estimate of drug-likeness (QED) is 0.714. The maximum absolute atomic E-state index is 10.2. The average Bonchev–Trinajstić information content (AvgIpc) is 2.30. The first-order valence-electron chi connectivity index (χ1n) is 4.81. The highest BCUT2D eigenvalue weighted by Crippen LogP contribution is 2.09. The SMILES string of the molecule is CC(C)C(=O)[O-].COc1ccc(C=O)cc1. The van der Waals surface area contributed by atoms with Crippen LogP contribution in [0.3, 0.4) is 0 Å². The van der Waals surface area contributed by atoms with E-state index in [1.165, 1.54) is 0 Å². The molecule has 4 nitrogen and oxygen atoms in total. The third kappa shape index (κ3) is 5.80. The Labute approximate surface area is 94.9 Å². The number of methoxy groups -OCH3 is 1. The van der Waals surface area contributed by atoms with Gasteiger partial charge >= 0.3 is 0 Å². The summed E-state index contributed by atoms with van der Waals surface area (Å²) in [5, 5.41) is 9.59. The van der Waals surface area contributed by atoms with Crippen molar-refractivity contribution < 1.29 is 19.4 Å². The van der Waals surface area contributed by atoms with Crippen LogP contribution in [0.2, 0.25) is 0 Å². The molecule has 0 aliphatic heterocycles. The molecule has 0 saturated heterocycles. The fourth-order valence-electron chi connectivity index (χ4n) is 0.682. The molecular formula is C12H15O4-. The van der Waals surface area contributed by atoms with Gasteiger partial charge in [-0.25, -0.2) is 0 Å². The van der Waals surface area contributed by atoms with Gasteiger partial charge in [0.15, 0.2) is 0 Å². The summed E-state index contributed by atoms with van der Waals surface area (Å²) in [7, 11) is 1.59. The highest BCUT2D eigenvalue weighted by atomic mass is 16.5. The second-order valence-corrected chi connectivity index (χ2v) is 3.36. The minimum atomic E-state index is -0.991. The van der Waals surface area contributed by atoms with Gasteiger partial charge in [0.25, 0.3) is 0 Å². The standard InChI is InChI=1S/C8H8O2.C4H8O2/c1-10-8-4-2-7(6-9)3-5-8;1-3(2)4(5)6/h2-6H,1H3;3H,1-2H3,(H,5,6)/p-1. The largest absolute Gasteiger partial charge is 0.550 e. The molecule has 0 unspecified atom stereocenters. The van der Waals surface area contributed by atoms with Crippen LogP contribution in [-0.2, 0) is 4.79 Å². The van der Waals surface area contributed by atoms with Gasteiger partial charge in [-0.3, -0.25) is 4.79 Å². The summed E-state index contributed by atoms with van der Waals surface area (Å²) in [6.07, 6.45) is 0.805. The van der Waals surface area contributed by atoms with E-state index >= 15 is 0 Å². The zero-order valence-electron chi connectivity index (χ0n) is 9.60. The van der Waals surface area contributed by atoms with Crippen LogP contribution in [-0.4, -0.2) is 19.4 Å². The van der Waals surface area contributed by atoms with Gasteiger partial charge in [0.2, 0.25) is 0 Å². The maximum Gasteiger partial charge on any atom is 0.150 e. The minimum Gasteiger partial charge on any atom is -0.550 e. The summed E-state index contributed by atoms with van der Waals surface area (Å²) in [4.78, 5) is 19.8. The second kappa shape index (κ2) is 7.45. The second-order valence-electron chi connectivity index (χ2n) is 3.36. The number of carboxylic acid groups (broad SMARTS) is 1. The monoisotopic (exact) mass is 223 g/mol. The molecule has 88 valence electrons. The number of carboxylic acids is 1. The van der Waals surface area contributed by atoms with Crippen molar-refractivity contribution in [1.82, 2.24) is 0 Å². The van der Waals surface area contributed by atoms with E-state index < -0.39 is 5.97 Å². The summed E-state index contributed by atoms with van der Waals surface area (Å²) in [5.41, 5.74) is 0.667. The first-order chi connectivity index (χ1) is 7.51. The molecule has 0 atom stereocenters. The number of benzene rings is 1. The number of hydrogen-bond donors (Lipinski definition) is 0. The molecule has 0 amide bonds. The molecule has 0 radical (unpaired) electrons. The first kappa shape index (κ1) is 14.2. The van der Waals surface area contributed by atoms with Gasteiger partial charge in [0, 0.05) is 11.5 Å². The van der Waals surface area contributed by atoms with Crippen LogP contribution in [0.15, 0.2) is 24.3 Å². The zero-order chi connectivity index (χ0) is 12.6. The van der Waals surface area contributed by atoms with E-state index in [9.17, 15) is 14.7 Å². The van der Waals surface area contributed by atoms with Gasteiger partial charge in [0.05, 0.1) is 7.11 Å². The lowest BCUT2D eigenvalue weighted by molar-refractivity contribution is -0.310. The molecule has 0 heterocycles. The van der Waals surface area contributed by atoms with Gasteiger partial charge in [0.1, 0.15) is 12.0 Å². The number of aliphatic carboxylic acids is 1. The van der Waals surface area contributed by atoms with Crippen LogP contribution in [0.5, 0.6) is 5.75 Å². The molecule has 1 aromatic carbocycles. The molecule has 1 rings (SSSR count). The summed E-state index contributed by atoms with van der Waals surface area (Å²) < 4.78 is 4.90. The summed E-state index contributed by atoms with van der Waals surface area (Å²) in [6, 6.07) is 6.94. The van der Waals surface area contributed by atoms with Crippen molar-refractivity contribution in [3.8, 4) is 5.75 Å². The molecule has 0 aliphatic rings. The van der Waals surface area contributed by atoms with Gasteiger partial charge in [-0.05, 0) is 30.2 Å². The highest BCUT2D eigenvalue weighted by Gasteiger charge is 1.89. The molecule has 4 heteroatoms. The number of aldehydes is 1. The van der Waals surface area contributed by atoms with Crippen LogP contribution in [0.1, 0.15) is 24.2 Å². The molecule has 0 N–H and O–H groups in total. The topological polar surface area (TPSA) is 66.4 Å². The van der Waals surface area contributed by atoms with Crippen molar-refractivity contribution in [2.75, 3.05) is 7.11 Å². The van der Waals surface area contributed by atoms with E-state index in [0.717, 1.165) is 12.0 Å². The molecule has 0 fully saturated rings. The van der Waals surface area contributed by atoms with E-state index in [1.807, 2.05) is 0 Å². The third-order valence-electron chi connectivity index (χ3n) is 1.72.